The summed E-state index contributed by atoms with van der Waals surface area (Å²) in [5.74, 6) is -1.41. The molecule has 1 aromatic carbocycles. The van der Waals surface area contributed by atoms with Crippen LogP contribution in [0.2, 0.25) is 0 Å². The Kier molecular flexibility index (Phi) is 5.51. The molecular formula is C13H14N2O4. The monoisotopic (exact) mass is 262 g/mol. The third-order valence-corrected chi connectivity index (χ3v) is 2.38. The second-order valence-electron chi connectivity index (χ2n) is 3.95. The second-order valence-corrected chi connectivity index (χ2v) is 3.95. The number of carboxylic acids is 1. The van der Waals surface area contributed by atoms with E-state index >= 15 is 0 Å². The van der Waals surface area contributed by atoms with E-state index in [1.807, 2.05) is 6.07 Å². The highest BCUT2D eigenvalue weighted by Crippen LogP contribution is 2.06. The van der Waals surface area contributed by atoms with Crippen molar-refractivity contribution in [3.05, 3.63) is 35.4 Å². The summed E-state index contributed by atoms with van der Waals surface area (Å²) in [4.78, 5) is 23.3. The molecule has 6 nitrogen and oxygen atoms in total. The lowest BCUT2D eigenvalue weighted by atomic mass is 10.1. The summed E-state index contributed by atoms with van der Waals surface area (Å²) < 4.78 is 4.72. The molecule has 0 fully saturated rings. The maximum Gasteiger partial charge on any atom is 0.329 e. The Morgan fingerprint density at radius 3 is 2.47 bits per heavy atom. The molecule has 19 heavy (non-hydrogen) atoms. The van der Waals surface area contributed by atoms with E-state index in [1.165, 1.54) is 4.90 Å². The van der Waals surface area contributed by atoms with Gasteiger partial charge in [-0.3, -0.25) is 4.79 Å². The van der Waals surface area contributed by atoms with Crippen LogP contribution in [0.3, 0.4) is 0 Å². The number of benzene rings is 1. The van der Waals surface area contributed by atoms with Crippen LogP contribution in [-0.2, 0) is 20.9 Å². The number of nitrogens with zero attached hydrogens (tertiary/aromatic N) is 2. The molecule has 1 amide bonds. The van der Waals surface area contributed by atoms with E-state index in [9.17, 15) is 9.59 Å². The van der Waals surface area contributed by atoms with E-state index in [0.29, 0.717) is 12.1 Å². The molecule has 0 saturated heterocycles. The highest BCUT2D eigenvalue weighted by Gasteiger charge is 2.10. The predicted molar refractivity (Wildman–Crippen MR) is 66.1 cm³/mol. The number of aliphatic carboxylic acids is 1. The first-order valence-corrected chi connectivity index (χ1v) is 5.55. The SMILES string of the molecule is CN(Cc1ccc(C#N)cc1)C(=O)COCC(=O)O. The Labute approximate surface area is 110 Å². The van der Waals surface area contributed by atoms with Crippen LogP contribution in [0.15, 0.2) is 24.3 Å². The molecule has 0 radical (unpaired) electrons. The molecule has 100 valence electrons. The van der Waals surface area contributed by atoms with Crippen molar-refractivity contribution in [1.29, 1.82) is 5.26 Å². The minimum atomic E-state index is -1.11. The fraction of sp³-hybridized carbons (Fsp3) is 0.308. The van der Waals surface area contributed by atoms with Crippen LogP contribution in [0.1, 0.15) is 11.1 Å². The summed E-state index contributed by atoms with van der Waals surface area (Å²) in [6, 6.07) is 8.89. The summed E-state index contributed by atoms with van der Waals surface area (Å²) >= 11 is 0. The summed E-state index contributed by atoms with van der Waals surface area (Å²) in [5.41, 5.74) is 1.44. The van der Waals surface area contributed by atoms with Crippen molar-refractivity contribution >= 4 is 11.9 Å². The van der Waals surface area contributed by atoms with Crippen LogP contribution in [-0.4, -0.2) is 42.1 Å². The van der Waals surface area contributed by atoms with Crippen molar-refractivity contribution in [1.82, 2.24) is 4.90 Å². The predicted octanol–water partition coefficient (Wildman–Crippen LogP) is 0.618. The molecule has 6 heteroatoms. The standard InChI is InChI=1S/C13H14N2O4/c1-15(12(16)8-19-9-13(17)18)7-11-4-2-10(6-14)3-5-11/h2-5H,7-9H2,1H3,(H,17,18). The maximum atomic E-state index is 11.6. The number of rotatable bonds is 6. The van der Waals surface area contributed by atoms with Gasteiger partial charge in [-0.25, -0.2) is 4.79 Å². The zero-order valence-corrected chi connectivity index (χ0v) is 10.5. The summed E-state index contributed by atoms with van der Waals surface area (Å²) in [5, 5.41) is 17.0. The van der Waals surface area contributed by atoms with Crippen LogP contribution in [0.5, 0.6) is 0 Å². The number of hydrogen-bond acceptors (Lipinski definition) is 4. The third kappa shape index (κ3) is 5.19. The van der Waals surface area contributed by atoms with Gasteiger partial charge in [0.1, 0.15) is 13.2 Å². The number of carboxylic acid groups (broad SMARTS) is 1. The van der Waals surface area contributed by atoms with Gasteiger partial charge in [0.25, 0.3) is 0 Å². The van der Waals surface area contributed by atoms with Gasteiger partial charge < -0.3 is 14.7 Å². The Bertz CT molecular complexity index is 490. The molecule has 0 bridgehead atoms. The number of amides is 1. The number of likely N-dealkylation sites (N-methyl/N-ethyl adjacent to an activating group) is 1. The molecule has 1 N–H and O–H groups in total. The highest BCUT2D eigenvalue weighted by atomic mass is 16.5. The molecule has 0 atom stereocenters. The third-order valence-electron chi connectivity index (χ3n) is 2.38. The molecule has 1 aromatic rings. The van der Waals surface area contributed by atoms with Gasteiger partial charge in [0, 0.05) is 13.6 Å². The topological polar surface area (TPSA) is 90.6 Å². The van der Waals surface area contributed by atoms with E-state index < -0.39 is 12.6 Å². The van der Waals surface area contributed by atoms with Crippen molar-refractivity contribution in [3.63, 3.8) is 0 Å². The van der Waals surface area contributed by atoms with Crippen molar-refractivity contribution in [2.24, 2.45) is 0 Å². The van der Waals surface area contributed by atoms with Crippen LogP contribution in [0.25, 0.3) is 0 Å². The van der Waals surface area contributed by atoms with Crippen LogP contribution < -0.4 is 0 Å². The van der Waals surface area contributed by atoms with Gasteiger partial charge in [-0.2, -0.15) is 5.26 Å². The molecule has 0 unspecified atom stereocenters. The second kappa shape index (κ2) is 7.13. The zero-order chi connectivity index (χ0) is 14.3. The lowest BCUT2D eigenvalue weighted by molar-refractivity contribution is -0.145. The van der Waals surface area contributed by atoms with E-state index in [2.05, 4.69) is 0 Å². The van der Waals surface area contributed by atoms with Crippen LogP contribution >= 0.6 is 0 Å². The summed E-state index contributed by atoms with van der Waals surface area (Å²) in [6.07, 6.45) is 0. The maximum absolute atomic E-state index is 11.6. The fourth-order valence-corrected chi connectivity index (χ4v) is 1.38. The molecule has 0 aliphatic carbocycles. The van der Waals surface area contributed by atoms with Gasteiger partial charge in [-0.05, 0) is 17.7 Å². The highest BCUT2D eigenvalue weighted by molar-refractivity contribution is 5.77. The van der Waals surface area contributed by atoms with Gasteiger partial charge >= 0.3 is 5.97 Å². The minimum Gasteiger partial charge on any atom is -0.480 e. The van der Waals surface area contributed by atoms with E-state index in [-0.39, 0.29) is 12.5 Å². The summed E-state index contributed by atoms with van der Waals surface area (Å²) in [6.45, 7) is -0.378. The van der Waals surface area contributed by atoms with Crippen molar-refractivity contribution < 1.29 is 19.4 Å². The zero-order valence-electron chi connectivity index (χ0n) is 10.5. The van der Waals surface area contributed by atoms with Gasteiger partial charge in [0.05, 0.1) is 11.6 Å². The number of carbonyl (C=O) groups is 2. The van der Waals surface area contributed by atoms with Gasteiger partial charge in [0.15, 0.2) is 0 Å². The van der Waals surface area contributed by atoms with Crippen molar-refractivity contribution in [2.75, 3.05) is 20.3 Å². The minimum absolute atomic E-state index is 0.265. The molecule has 0 heterocycles. The van der Waals surface area contributed by atoms with E-state index in [4.69, 9.17) is 15.1 Å². The Morgan fingerprint density at radius 2 is 1.95 bits per heavy atom. The first kappa shape index (κ1) is 14.7. The normalized spacial score (nSPS) is 9.68. The van der Waals surface area contributed by atoms with Crippen LogP contribution in [0, 0.1) is 11.3 Å². The fourth-order valence-electron chi connectivity index (χ4n) is 1.38. The van der Waals surface area contributed by atoms with Crippen molar-refractivity contribution in [3.8, 4) is 6.07 Å². The van der Waals surface area contributed by atoms with Gasteiger partial charge in [-0.15, -0.1) is 0 Å². The van der Waals surface area contributed by atoms with Crippen LogP contribution in [0.4, 0.5) is 0 Å². The number of nitriles is 1. The molecule has 0 aromatic heterocycles. The quantitative estimate of drug-likeness (QED) is 0.811. The molecule has 0 aliphatic heterocycles. The van der Waals surface area contributed by atoms with E-state index in [0.717, 1.165) is 5.56 Å². The Balaban J connectivity index is 2.44. The molecule has 0 saturated carbocycles. The average molecular weight is 262 g/mol. The number of ether oxygens (including phenoxy) is 1. The smallest absolute Gasteiger partial charge is 0.329 e. The summed E-state index contributed by atoms with van der Waals surface area (Å²) in [7, 11) is 1.60. The Hall–Kier alpha value is -2.39. The van der Waals surface area contributed by atoms with Crippen molar-refractivity contribution in [2.45, 2.75) is 6.54 Å². The Morgan fingerprint density at radius 1 is 1.32 bits per heavy atom. The number of carbonyl (C=O) groups excluding carboxylic acids is 1. The average Bonchev–Trinajstić information content (AvgIpc) is 2.39. The first-order valence-electron chi connectivity index (χ1n) is 5.55. The number of hydrogen-bond donors (Lipinski definition) is 1. The molecule has 0 spiro atoms. The molecular weight excluding hydrogens is 248 g/mol. The van der Waals surface area contributed by atoms with E-state index in [1.54, 1.807) is 31.3 Å². The molecule has 1 rings (SSSR count). The van der Waals surface area contributed by atoms with Gasteiger partial charge in [-0.1, -0.05) is 12.1 Å². The lowest BCUT2D eigenvalue weighted by Gasteiger charge is -2.17. The van der Waals surface area contributed by atoms with Gasteiger partial charge in [0.2, 0.25) is 5.91 Å². The lowest BCUT2D eigenvalue weighted by Crippen LogP contribution is -2.30. The largest absolute Gasteiger partial charge is 0.480 e. The molecule has 0 aliphatic rings. The first-order chi connectivity index (χ1) is 9.02.